The highest BCUT2D eigenvalue weighted by molar-refractivity contribution is 6.32. The first-order valence-electron chi connectivity index (χ1n) is 4.25. The normalized spacial score (nSPS) is 9.07. The van der Waals surface area contributed by atoms with Crippen molar-refractivity contribution in [1.82, 2.24) is 5.32 Å². The van der Waals surface area contributed by atoms with Crippen LogP contribution < -0.4 is 10.1 Å². The van der Waals surface area contributed by atoms with Crippen molar-refractivity contribution in [3.05, 3.63) is 28.8 Å². The number of halogens is 1. The van der Waals surface area contributed by atoms with Crippen molar-refractivity contribution in [2.45, 2.75) is 0 Å². The Morgan fingerprint density at radius 1 is 1.50 bits per heavy atom. The van der Waals surface area contributed by atoms with E-state index in [1.807, 2.05) is 19.2 Å². The summed E-state index contributed by atoms with van der Waals surface area (Å²) < 4.78 is 5.03. The standard InChI is InChI=1S/C11H12ClNO/c1-13-7-3-4-9-5-6-11(14-2)10(12)8-9/h5-6,8,13H,7H2,1-2H3. The van der Waals surface area contributed by atoms with Crippen molar-refractivity contribution in [2.75, 3.05) is 20.7 Å². The zero-order chi connectivity index (χ0) is 10.4. The van der Waals surface area contributed by atoms with E-state index in [9.17, 15) is 0 Å². The number of benzene rings is 1. The summed E-state index contributed by atoms with van der Waals surface area (Å²) in [7, 11) is 3.45. The van der Waals surface area contributed by atoms with E-state index in [-0.39, 0.29) is 0 Å². The topological polar surface area (TPSA) is 21.3 Å². The first kappa shape index (κ1) is 10.9. The van der Waals surface area contributed by atoms with Gasteiger partial charge in [0.2, 0.25) is 0 Å². The summed E-state index contributed by atoms with van der Waals surface area (Å²) in [6.45, 7) is 0.670. The molecule has 14 heavy (non-hydrogen) atoms. The van der Waals surface area contributed by atoms with Crippen LogP contribution in [-0.2, 0) is 0 Å². The molecule has 0 spiro atoms. The largest absolute Gasteiger partial charge is 0.495 e. The van der Waals surface area contributed by atoms with Crippen LogP contribution >= 0.6 is 11.6 Å². The molecule has 0 unspecified atom stereocenters. The van der Waals surface area contributed by atoms with Gasteiger partial charge >= 0.3 is 0 Å². The molecule has 0 aliphatic carbocycles. The molecule has 74 valence electrons. The highest BCUT2D eigenvalue weighted by Crippen LogP contribution is 2.24. The van der Waals surface area contributed by atoms with E-state index in [1.165, 1.54) is 0 Å². The van der Waals surface area contributed by atoms with Gasteiger partial charge in [0, 0.05) is 5.56 Å². The molecule has 1 rings (SSSR count). The summed E-state index contributed by atoms with van der Waals surface area (Å²) in [5.74, 6) is 6.61. The van der Waals surface area contributed by atoms with E-state index >= 15 is 0 Å². The van der Waals surface area contributed by atoms with E-state index in [1.54, 1.807) is 13.2 Å². The van der Waals surface area contributed by atoms with Gasteiger partial charge in [-0.3, -0.25) is 0 Å². The average Bonchev–Trinajstić information content (AvgIpc) is 2.18. The average molecular weight is 210 g/mol. The van der Waals surface area contributed by atoms with Gasteiger partial charge in [0.05, 0.1) is 18.7 Å². The Morgan fingerprint density at radius 3 is 2.86 bits per heavy atom. The van der Waals surface area contributed by atoms with Gasteiger partial charge in [-0.2, -0.15) is 0 Å². The van der Waals surface area contributed by atoms with Crippen molar-refractivity contribution in [3.63, 3.8) is 0 Å². The Bertz CT molecular complexity index is 365. The highest BCUT2D eigenvalue weighted by atomic mass is 35.5. The molecule has 1 N–H and O–H groups in total. The fourth-order valence-corrected chi connectivity index (χ4v) is 1.24. The summed E-state index contributed by atoms with van der Waals surface area (Å²) in [5.41, 5.74) is 0.894. The lowest BCUT2D eigenvalue weighted by Crippen LogP contribution is -2.04. The molecule has 0 saturated heterocycles. The highest BCUT2D eigenvalue weighted by Gasteiger charge is 1.98. The molecule has 3 heteroatoms. The molecule has 0 radical (unpaired) electrons. The number of nitrogens with one attached hydrogen (secondary N) is 1. The molecule has 2 nitrogen and oxygen atoms in total. The zero-order valence-corrected chi connectivity index (χ0v) is 8.98. The number of hydrogen-bond donors (Lipinski definition) is 1. The molecule has 0 fully saturated rings. The van der Waals surface area contributed by atoms with E-state index in [0.29, 0.717) is 17.3 Å². The van der Waals surface area contributed by atoms with Gasteiger partial charge < -0.3 is 10.1 Å². The third-order valence-corrected chi connectivity index (χ3v) is 1.95. The smallest absolute Gasteiger partial charge is 0.137 e. The molecule has 0 aliphatic heterocycles. The zero-order valence-electron chi connectivity index (χ0n) is 8.23. The second-order valence-electron chi connectivity index (χ2n) is 2.68. The lowest BCUT2D eigenvalue weighted by molar-refractivity contribution is 0.415. The molecular formula is C11H12ClNO. The Hall–Kier alpha value is -1.17. The summed E-state index contributed by atoms with van der Waals surface area (Å²) in [5, 5.41) is 3.53. The maximum absolute atomic E-state index is 5.93. The summed E-state index contributed by atoms with van der Waals surface area (Å²) in [4.78, 5) is 0. The molecule has 0 bridgehead atoms. The third-order valence-electron chi connectivity index (χ3n) is 1.65. The van der Waals surface area contributed by atoms with Crippen molar-refractivity contribution in [2.24, 2.45) is 0 Å². The predicted molar refractivity (Wildman–Crippen MR) is 58.8 cm³/mol. The number of ether oxygens (including phenoxy) is 1. The Morgan fingerprint density at radius 2 is 2.29 bits per heavy atom. The van der Waals surface area contributed by atoms with E-state index in [2.05, 4.69) is 17.2 Å². The molecule has 0 heterocycles. The molecule has 0 aromatic heterocycles. The van der Waals surface area contributed by atoms with E-state index < -0.39 is 0 Å². The number of rotatable bonds is 2. The Balaban J connectivity index is 2.82. The minimum atomic E-state index is 0.587. The number of methoxy groups -OCH3 is 1. The minimum Gasteiger partial charge on any atom is -0.495 e. The van der Waals surface area contributed by atoms with Gasteiger partial charge in [0.15, 0.2) is 0 Å². The monoisotopic (exact) mass is 209 g/mol. The molecule has 0 saturated carbocycles. The first-order valence-corrected chi connectivity index (χ1v) is 4.62. The van der Waals surface area contributed by atoms with Crippen molar-refractivity contribution in [3.8, 4) is 17.6 Å². The van der Waals surface area contributed by atoms with Crippen LogP contribution in [0, 0.1) is 11.8 Å². The van der Waals surface area contributed by atoms with Crippen LogP contribution in [0.1, 0.15) is 5.56 Å². The molecule has 1 aromatic rings. The SMILES string of the molecule is CNCC#Cc1ccc(OC)c(Cl)c1. The second-order valence-corrected chi connectivity index (χ2v) is 3.09. The summed E-state index contributed by atoms with van der Waals surface area (Å²) >= 11 is 5.93. The summed E-state index contributed by atoms with van der Waals surface area (Å²) in [6.07, 6.45) is 0. The molecule has 0 amide bonds. The van der Waals surface area contributed by atoms with E-state index in [4.69, 9.17) is 16.3 Å². The van der Waals surface area contributed by atoms with Crippen LogP contribution in [0.15, 0.2) is 18.2 Å². The first-order chi connectivity index (χ1) is 6.77. The fourth-order valence-electron chi connectivity index (χ4n) is 0.979. The van der Waals surface area contributed by atoms with Gasteiger partial charge in [-0.15, -0.1) is 0 Å². The van der Waals surface area contributed by atoms with E-state index in [0.717, 1.165) is 5.56 Å². The molecule has 1 aromatic carbocycles. The maximum Gasteiger partial charge on any atom is 0.137 e. The van der Waals surface area contributed by atoms with Gasteiger partial charge in [0.25, 0.3) is 0 Å². The third kappa shape index (κ3) is 2.95. The van der Waals surface area contributed by atoms with Crippen LogP contribution in [0.4, 0.5) is 0 Å². The molecular weight excluding hydrogens is 198 g/mol. The molecule has 0 atom stereocenters. The summed E-state index contributed by atoms with van der Waals surface area (Å²) in [6, 6.07) is 5.49. The lowest BCUT2D eigenvalue weighted by atomic mass is 10.2. The Kier molecular flexibility index (Phi) is 4.31. The maximum atomic E-state index is 5.93. The van der Waals surface area contributed by atoms with Crippen molar-refractivity contribution < 1.29 is 4.74 Å². The molecule has 0 aliphatic rings. The predicted octanol–water partition coefficient (Wildman–Crippen LogP) is 1.92. The lowest BCUT2D eigenvalue weighted by Gasteiger charge is -2.01. The Labute approximate surface area is 89.2 Å². The van der Waals surface area contributed by atoms with Crippen molar-refractivity contribution >= 4 is 11.6 Å². The number of hydrogen-bond acceptors (Lipinski definition) is 2. The van der Waals surface area contributed by atoms with Crippen LogP contribution in [0.25, 0.3) is 0 Å². The van der Waals surface area contributed by atoms with Crippen LogP contribution in [0.5, 0.6) is 5.75 Å². The van der Waals surface area contributed by atoms with Crippen LogP contribution in [0.3, 0.4) is 0 Å². The van der Waals surface area contributed by atoms with Crippen molar-refractivity contribution in [1.29, 1.82) is 0 Å². The fraction of sp³-hybridized carbons (Fsp3) is 0.273. The van der Waals surface area contributed by atoms with Crippen LogP contribution in [-0.4, -0.2) is 20.7 Å². The van der Waals surface area contributed by atoms with Gasteiger partial charge in [-0.05, 0) is 25.2 Å². The van der Waals surface area contributed by atoms with Crippen LogP contribution in [0.2, 0.25) is 5.02 Å². The quantitative estimate of drug-likeness (QED) is 0.752. The van der Waals surface area contributed by atoms with Gasteiger partial charge in [-0.25, -0.2) is 0 Å². The second kappa shape index (κ2) is 5.54. The van der Waals surface area contributed by atoms with Gasteiger partial charge in [-0.1, -0.05) is 23.4 Å². The van der Waals surface area contributed by atoms with Gasteiger partial charge in [0.1, 0.15) is 5.75 Å². The minimum absolute atomic E-state index is 0.587.